The number of rotatable bonds is 4. The fourth-order valence-corrected chi connectivity index (χ4v) is 3.90. The molecule has 0 fully saturated rings. The highest BCUT2D eigenvalue weighted by molar-refractivity contribution is 7.90. The van der Waals surface area contributed by atoms with E-state index in [1.54, 1.807) is 30.3 Å². The molecule has 3 rings (SSSR count). The van der Waals surface area contributed by atoms with Crippen molar-refractivity contribution in [2.24, 2.45) is 0 Å². The molecule has 0 spiro atoms. The smallest absolute Gasteiger partial charge is 0.269 e. The SMILES string of the molecule is Cc1ccc(S(=O)(=O)n2ccc3c(Cl)c(CC=O)cnc32)cc1. The third-order valence-corrected chi connectivity index (χ3v) is 5.70. The summed E-state index contributed by atoms with van der Waals surface area (Å²) in [6.45, 7) is 1.89. The molecule has 1 aromatic carbocycles. The molecule has 0 unspecified atom stereocenters. The minimum Gasteiger partial charge on any atom is -0.303 e. The minimum absolute atomic E-state index is 0.137. The van der Waals surface area contributed by atoms with Gasteiger partial charge in [0, 0.05) is 24.2 Å². The Morgan fingerprint density at radius 3 is 2.57 bits per heavy atom. The molecule has 0 saturated heterocycles. The van der Waals surface area contributed by atoms with Gasteiger partial charge in [-0.3, -0.25) is 0 Å². The molecular formula is C16H13ClN2O3S. The first-order valence-corrected chi connectivity index (χ1v) is 8.67. The maximum absolute atomic E-state index is 12.8. The van der Waals surface area contributed by atoms with E-state index in [4.69, 9.17) is 11.6 Å². The Morgan fingerprint density at radius 1 is 1.22 bits per heavy atom. The summed E-state index contributed by atoms with van der Waals surface area (Å²) in [5.41, 5.74) is 1.78. The summed E-state index contributed by atoms with van der Waals surface area (Å²) < 4.78 is 26.6. The number of fused-ring (bicyclic) bond motifs is 1. The zero-order valence-corrected chi connectivity index (χ0v) is 13.8. The van der Waals surface area contributed by atoms with Crippen LogP contribution in [0.4, 0.5) is 0 Å². The van der Waals surface area contributed by atoms with Crippen LogP contribution in [-0.4, -0.2) is 23.7 Å². The van der Waals surface area contributed by atoms with E-state index in [0.29, 0.717) is 16.0 Å². The number of carbonyl (C=O) groups is 1. The van der Waals surface area contributed by atoms with Crippen LogP contribution < -0.4 is 0 Å². The molecular weight excluding hydrogens is 336 g/mol. The third-order valence-electron chi connectivity index (χ3n) is 3.57. The third kappa shape index (κ3) is 2.64. The first-order chi connectivity index (χ1) is 10.9. The van der Waals surface area contributed by atoms with E-state index in [-0.39, 0.29) is 17.0 Å². The Kier molecular flexibility index (Phi) is 3.95. The van der Waals surface area contributed by atoms with Crippen LogP contribution >= 0.6 is 11.6 Å². The summed E-state index contributed by atoms with van der Waals surface area (Å²) in [4.78, 5) is 15.0. The molecule has 3 aromatic rings. The number of hydrogen-bond acceptors (Lipinski definition) is 4. The molecule has 118 valence electrons. The van der Waals surface area contributed by atoms with Crippen molar-refractivity contribution in [3.05, 3.63) is 58.9 Å². The summed E-state index contributed by atoms with van der Waals surface area (Å²) in [5, 5.41) is 0.849. The van der Waals surface area contributed by atoms with Gasteiger partial charge < -0.3 is 4.79 Å². The highest BCUT2D eigenvalue weighted by Gasteiger charge is 2.21. The summed E-state index contributed by atoms with van der Waals surface area (Å²) in [6, 6.07) is 8.17. The van der Waals surface area contributed by atoms with E-state index in [1.165, 1.54) is 12.4 Å². The van der Waals surface area contributed by atoms with Gasteiger partial charge in [-0.05, 0) is 30.7 Å². The Balaban J connectivity index is 2.19. The molecule has 0 aliphatic carbocycles. The Bertz CT molecular complexity index is 992. The molecule has 0 atom stereocenters. The van der Waals surface area contributed by atoms with Crippen LogP contribution in [-0.2, 0) is 21.2 Å². The monoisotopic (exact) mass is 348 g/mol. The molecule has 7 heteroatoms. The lowest BCUT2D eigenvalue weighted by molar-refractivity contribution is -0.107. The highest BCUT2D eigenvalue weighted by atomic mass is 35.5. The molecule has 0 aliphatic rings. The molecule has 2 heterocycles. The first kappa shape index (κ1) is 15.7. The second-order valence-electron chi connectivity index (χ2n) is 5.14. The van der Waals surface area contributed by atoms with E-state index in [1.807, 2.05) is 6.92 Å². The van der Waals surface area contributed by atoms with Crippen LogP contribution in [0.2, 0.25) is 5.02 Å². The number of aldehydes is 1. The van der Waals surface area contributed by atoms with E-state index in [0.717, 1.165) is 15.8 Å². The molecule has 0 amide bonds. The second kappa shape index (κ2) is 5.79. The number of pyridine rings is 1. The Hall–Kier alpha value is -2.18. The zero-order valence-electron chi connectivity index (χ0n) is 12.2. The average Bonchev–Trinajstić information content (AvgIpc) is 2.96. The zero-order chi connectivity index (χ0) is 16.6. The van der Waals surface area contributed by atoms with E-state index < -0.39 is 10.0 Å². The Morgan fingerprint density at radius 2 is 1.91 bits per heavy atom. The molecule has 23 heavy (non-hydrogen) atoms. The molecule has 0 N–H and O–H groups in total. The van der Waals surface area contributed by atoms with Crippen LogP contribution in [0.5, 0.6) is 0 Å². The van der Waals surface area contributed by atoms with Crippen molar-refractivity contribution in [1.82, 2.24) is 8.96 Å². The fourth-order valence-electron chi connectivity index (χ4n) is 2.32. The summed E-state index contributed by atoms with van der Waals surface area (Å²) in [7, 11) is -3.75. The lowest BCUT2D eigenvalue weighted by Gasteiger charge is -2.08. The summed E-state index contributed by atoms with van der Waals surface area (Å²) in [6.07, 6.45) is 3.72. The van der Waals surface area contributed by atoms with Crippen molar-refractivity contribution >= 4 is 38.9 Å². The maximum Gasteiger partial charge on any atom is 0.269 e. The van der Waals surface area contributed by atoms with Gasteiger partial charge in [-0.2, -0.15) is 0 Å². The normalized spacial score (nSPS) is 11.7. The first-order valence-electron chi connectivity index (χ1n) is 6.85. The standard InChI is InChI=1S/C16H13ClN2O3S/c1-11-2-4-13(5-3-11)23(21,22)19-8-6-14-15(17)12(7-9-20)10-18-16(14)19/h2-6,8-10H,7H2,1H3. The predicted octanol–water partition coefficient (Wildman–Crippen LogP) is 2.98. The van der Waals surface area contributed by atoms with Gasteiger partial charge in [-0.25, -0.2) is 17.4 Å². The fraction of sp³-hybridized carbons (Fsp3) is 0.125. The van der Waals surface area contributed by atoms with Crippen molar-refractivity contribution in [1.29, 1.82) is 0 Å². The lowest BCUT2D eigenvalue weighted by atomic mass is 10.2. The van der Waals surface area contributed by atoms with Crippen molar-refractivity contribution < 1.29 is 13.2 Å². The lowest BCUT2D eigenvalue weighted by Crippen LogP contribution is -2.12. The van der Waals surface area contributed by atoms with E-state index >= 15 is 0 Å². The van der Waals surface area contributed by atoms with Crippen LogP contribution in [0.3, 0.4) is 0 Å². The molecule has 0 bridgehead atoms. The van der Waals surface area contributed by atoms with Gasteiger partial charge in [0.1, 0.15) is 6.29 Å². The van der Waals surface area contributed by atoms with E-state index in [9.17, 15) is 13.2 Å². The van der Waals surface area contributed by atoms with Crippen LogP contribution in [0.15, 0.2) is 47.6 Å². The largest absolute Gasteiger partial charge is 0.303 e. The van der Waals surface area contributed by atoms with Crippen molar-refractivity contribution in [2.75, 3.05) is 0 Å². The number of aromatic nitrogens is 2. The number of halogens is 1. The topological polar surface area (TPSA) is 69.0 Å². The maximum atomic E-state index is 12.8. The number of aryl methyl sites for hydroxylation is 1. The number of carbonyl (C=O) groups excluding carboxylic acids is 1. The average molecular weight is 349 g/mol. The van der Waals surface area contributed by atoms with Crippen LogP contribution in [0, 0.1) is 6.92 Å². The summed E-state index contributed by atoms with van der Waals surface area (Å²) in [5.74, 6) is 0. The molecule has 0 aliphatic heterocycles. The molecule has 2 aromatic heterocycles. The van der Waals surface area contributed by atoms with E-state index in [2.05, 4.69) is 4.98 Å². The summed E-state index contributed by atoms with van der Waals surface area (Å²) >= 11 is 6.24. The molecule has 5 nitrogen and oxygen atoms in total. The van der Waals surface area contributed by atoms with Crippen molar-refractivity contribution in [2.45, 2.75) is 18.2 Å². The van der Waals surface area contributed by atoms with Crippen molar-refractivity contribution in [3.8, 4) is 0 Å². The number of benzene rings is 1. The minimum atomic E-state index is -3.75. The molecule has 0 saturated carbocycles. The number of hydrogen-bond donors (Lipinski definition) is 0. The van der Waals surface area contributed by atoms with Gasteiger partial charge in [-0.1, -0.05) is 29.3 Å². The van der Waals surface area contributed by atoms with Gasteiger partial charge in [0.2, 0.25) is 0 Å². The van der Waals surface area contributed by atoms with Gasteiger partial charge in [0.05, 0.1) is 9.92 Å². The van der Waals surface area contributed by atoms with Gasteiger partial charge in [0.15, 0.2) is 5.65 Å². The Labute approximate surface area is 138 Å². The quantitative estimate of drug-likeness (QED) is 0.680. The van der Waals surface area contributed by atoms with Crippen LogP contribution in [0.1, 0.15) is 11.1 Å². The van der Waals surface area contributed by atoms with Gasteiger partial charge in [0.25, 0.3) is 10.0 Å². The van der Waals surface area contributed by atoms with Crippen molar-refractivity contribution in [3.63, 3.8) is 0 Å². The van der Waals surface area contributed by atoms with Crippen LogP contribution in [0.25, 0.3) is 11.0 Å². The second-order valence-corrected chi connectivity index (χ2v) is 7.33. The molecule has 0 radical (unpaired) electrons. The highest BCUT2D eigenvalue weighted by Crippen LogP contribution is 2.29. The van der Waals surface area contributed by atoms with Gasteiger partial charge >= 0.3 is 0 Å². The predicted molar refractivity (Wildman–Crippen MR) is 88.3 cm³/mol. The number of nitrogens with zero attached hydrogens (tertiary/aromatic N) is 2. The van der Waals surface area contributed by atoms with Gasteiger partial charge in [-0.15, -0.1) is 0 Å².